The maximum absolute atomic E-state index is 14.0. The number of alkyl halides is 3. The number of esters is 1. The van der Waals surface area contributed by atoms with E-state index >= 15 is 0 Å². The van der Waals surface area contributed by atoms with Gasteiger partial charge in [-0.3, -0.25) is 4.79 Å². The van der Waals surface area contributed by atoms with Crippen molar-refractivity contribution in [3.05, 3.63) is 56.5 Å². The third-order valence-corrected chi connectivity index (χ3v) is 9.29. The molecule has 0 radical (unpaired) electrons. The summed E-state index contributed by atoms with van der Waals surface area (Å²) in [6.07, 6.45) is -0.513. The highest BCUT2D eigenvalue weighted by Crippen LogP contribution is 2.41. The number of nitrogens with zero attached hydrogens (tertiary/aromatic N) is 3. The van der Waals surface area contributed by atoms with Gasteiger partial charge in [0.25, 0.3) is 5.91 Å². The fourth-order valence-electron chi connectivity index (χ4n) is 4.80. The van der Waals surface area contributed by atoms with Gasteiger partial charge in [0.1, 0.15) is 5.00 Å². The third kappa shape index (κ3) is 5.31. The van der Waals surface area contributed by atoms with Gasteiger partial charge in [-0.25, -0.2) is 14.3 Å². The molecule has 1 N–H and O–H groups in total. The molecule has 1 amide bonds. The number of carbonyl (C=O) groups excluding carboxylic acids is 2. The summed E-state index contributed by atoms with van der Waals surface area (Å²) in [5, 5.41) is 7.02. The third-order valence-electron chi connectivity index (χ3n) is 6.86. The van der Waals surface area contributed by atoms with Gasteiger partial charge in [0.2, 0.25) is 0 Å². The topological polar surface area (TPSA) is 85.6 Å². The number of halogens is 3. The number of fused-ring (bicyclic) bond motifs is 2. The van der Waals surface area contributed by atoms with E-state index in [2.05, 4.69) is 22.3 Å². The molecule has 0 bridgehead atoms. The number of amides is 1. The first kappa shape index (κ1) is 27.3. The number of nitrogens with one attached hydrogen (secondary N) is 1. The molecule has 0 aliphatic heterocycles. The van der Waals surface area contributed by atoms with Crippen LogP contribution in [-0.4, -0.2) is 33.1 Å². The Kier molecular flexibility index (Phi) is 7.51. The molecule has 0 fully saturated rings. The van der Waals surface area contributed by atoms with Crippen molar-refractivity contribution in [1.82, 2.24) is 14.6 Å². The lowest BCUT2D eigenvalue weighted by Crippen LogP contribution is -2.18. The summed E-state index contributed by atoms with van der Waals surface area (Å²) in [7, 11) is 0. The summed E-state index contributed by atoms with van der Waals surface area (Å²) in [5.41, 5.74) is -0.00728. The first-order valence-corrected chi connectivity index (χ1v) is 14.5. The Morgan fingerprint density at radius 3 is 2.64 bits per heavy atom. The van der Waals surface area contributed by atoms with Crippen LogP contribution in [0.1, 0.15) is 75.5 Å². The van der Waals surface area contributed by atoms with E-state index in [9.17, 15) is 22.8 Å². The Morgan fingerprint density at radius 2 is 1.97 bits per heavy atom. The summed E-state index contributed by atoms with van der Waals surface area (Å²) in [6.45, 7) is 5.97. The molecular formula is C27H27F3N4O3S2. The molecule has 0 aromatic carbocycles. The molecule has 1 aliphatic rings. The largest absolute Gasteiger partial charge is 0.462 e. The molecule has 4 heterocycles. The summed E-state index contributed by atoms with van der Waals surface area (Å²) in [6, 6.07) is 5.78. The van der Waals surface area contributed by atoms with Gasteiger partial charge in [0.05, 0.1) is 22.7 Å². The standard InChI is InChI=1S/C27H27F3N4O3S2/c1-4-14-7-9-16-20(11-14)39-25(23(16)26(36)37-6-3)32-24(35)18-13-22-31-17(19-10-8-15(5-2)38-19)12-21(27(28,29)30)34(22)33-18/h8,10,12-14H,4-7,9,11H2,1-3H3,(H,32,35)/t14-/m0/s1. The number of thiophene rings is 2. The molecule has 0 unspecified atom stereocenters. The van der Waals surface area contributed by atoms with E-state index in [-0.39, 0.29) is 23.6 Å². The first-order valence-electron chi connectivity index (χ1n) is 12.8. The smallest absolute Gasteiger partial charge is 0.433 e. The van der Waals surface area contributed by atoms with Crippen LogP contribution < -0.4 is 5.32 Å². The maximum Gasteiger partial charge on any atom is 0.433 e. The van der Waals surface area contributed by atoms with Crippen molar-refractivity contribution < 1.29 is 27.5 Å². The summed E-state index contributed by atoms with van der Waals surface area (Å²) in [4.78, 5) is 33.1. The molecule has 1 aliphatic carbocycles. The van der Waals surface area contributed by atoms with E-state index in [1.165, 1.54) is 28.7 Å². The van der Waals surface area contributed by atoms with Crippen LogP contribution in [0.3, 0.4) is 0 Å². The molecule has 0 saturated heterocycles. The Hall–Kier alpha value is -3.25. The Balaban J connectivity index is 1.53. The van der Waals surface area contributed by atoms with E-state index in [0.717, 1.165) is 47.1 Å². The predicted molar refractivity (Wildman–Crippen MR) is 145 cm³/mol. The second kappa shape index (κ2) is 10.7. The molecule has 0 saturated carbocycles. The van der Waals surface area contributed by atoms with Gasteiger partial charge in [-0.2, -0.15) is 18.3 Å². The Bertz CT molecular complexity index is 1550. The average molecular weight is 577 g/mol. The number of hydrogen-bond donors (Lipinski definition) is 1. The van der Waals surface area contributed by atoms with E-state index in [1.54, 1.807) is 13.0 Å². The molecule has 1 atom stereocenters. The zero-order valence-corrected chi connectivity index (χ0v) is 23.3. The van der Waals surface area contributed by atoms with Crippen LogP contribution in [-0.2, 0) is 30.2 Å². The highest BCUT2D eigenvalue weighted by molar-refractivity contribution is 7.17. The highest BCUT2D eigenvalue weighted by atomic mass is 32.1. The van der Waals surface area contributed by atoms with E-state index in [0.29, 0.717) is 32.3 Å². The van der Waals surface area contributed by atoms with Crippen LogP contribution in [0.5, 0.6) is 0 Å². The fraction of sp³-hybridized carbons (Fsp3) is 0.407. The van der Waals surface area contributed by atoms with Crippen molar-refractivity contribution >= 4 is 45.2 Å². The summed E-state index contributed by atoms with van der Waals surface area (Å²) < 4.78 is 47.9. The lowest BCUT2D eigenvalue weighted by atomic mass is 9.85. The number of anilines is 1. The fourth-order valence-corrected chi connectivity index (χ4v) is 7.05. The molecule has 5 rings (SSSR count). The van der Waals surface area contributed by atoms with Gasteiger partial charge in [-0.15, -0.1) is 22.7 Å². The molecule has 4 aromatic heterocycles. The predicted octanol–water partition coefficient (Wildman–Crippen LogP) is 7.04. The molecule has 0 spiro atoms. The lowest BCUT2D eigenvalue weighted by molar-refractivity contribution is -0.142. The van der Waals surface area contributed by atoms with Crippen LogP contribution in [0.15, 0.2) is 24.3 Å². The SMILES string of the molecule is CCOC(=O)c1c(NC(=O)c2cc3nc(-c4ccc(CC)s4)cc(C(F)(F)F)n3n2)sc2c1CC[C@H](CC)C2. The van der Waals surface area contributed by atoms with Crippen molar-refractivity contribution in [3.8, 4) is 10.6 Å². The Morgan fingerprint density at radius 1 is 1.18 bits per heavy atom. The van der Waals surface area contributed by atoms with Crippen LogP contribution in [0.4, 0.5) is 18.2 Å². The minimum absolute atomic E-state index is 0.0988. The van der Waals surface area contributed by atoms with Crippen molar-refractivity contribution in [1.29, 1.82) is 0 Å². The van der Waals surface area contributed by atoms with Crippen LogP contribution in [0, 0.1) is 5.92 Å². The Labute approximate surface area is 231 Å². The second-order valence-corrected chi connectivity index (χ2v) is 11.6. The van der Waals surface area contributed by atoms with Crippen LogP contribution in [0.2, 0.25) is 0 Å². The normalized spacial score (nSPS) is 15.4. The van der Waals surface area contributed by atoms with Crippen LogP contribution in [0.25, 0.3) is 16.2 Å². The summed E-state index contributed by atoms with van der Waals surface area (Å²) in [5.74, 6) is -0.759. The van der Waals surface area contributed by atoms with Gasteiger partial charge < -0.3 is 10.1 Å². The van der Waals surface area contributed by atoms with Gasteiger partial charge >= 0.3 is 12.1 Å². The highest BCUT2D eigenvalue weighted by Gasteiger charge is 2.36. The minimum Gasteiger partial charge on any atom is -0.462 e. The molecule has 7 nitrogen and oxygen atoms in total. The monoisotopic (exact) mass is 576 g/mol. The quantitative estimate of drug-likeness (QED) is 0.239. The molecular weight excluding hydrogens is 549 g/mol. The average Bonchev–Trinajstić information content (AvgIpc) is 3.63. The first-order chi connectivity index (χ1) is 18.6. The van der Waals surface area contributed by atoms with E-state index in [1.807, 2.05) is 13.0 Å². The van der Waals surface area contributed by atoms with Gasteiger partial charge in [-0.05, 0) is 62.3 Å². The maximum atomic E-state index is 14.0. The van der Waals surface area contributed by atoms with Gasteiger partial charge in [0.15, 0.2) is 17.0 Å². The van der Waals surface area contributed by atoms with E-state index < -0.39 is 23.7 Å². The molecule has 206 valence electrons. The zero-order chi connectivity index (χ0) is 27.9. The lowest BCUT2D eigenvalue weighted by Gasteiger charge is -2.20. The van der Waals surface area contributed by atoms with Gasteiger partial charge in [0, 0.05) is 15.8 Å². The zero-order valence-electron chi connectivity index (χ0n) is 21.6. The molecule has 4 aromatic rings. The molecule has 39 heavy (non-hydrogen) atoms. The van der Waals surface area contributed by atoms with Crippen molar-refractivity contribution in [2.75, 3.05) is 11.9 Å². The van der Waals surface area contributed by atoms with Gasteiger partial charge in [-0.1, -0.05) is 20.3 Å². The number of aryl methyl sites for hydroxylation is 1. The summed E-state index contributed by atoms with van der Waals surface area (Å²) >= 11 is 2.69. The number of hydrogen-bond acceptors (Lipinski definition) is 7. The van der Waals surface area contributed by atoms with Crippen molar-refractivity contribution in [2.24, 2.45) is 5.92 Å². The minimum atomic E-state index is -4.72. The second-order valence-electron chi connectivity index (χ2n) is 9.34. The van der Waals surface area contributed by atoms with Crippen LogP contribution >= 0.6 is 22.7 Å². The number of aromatic nitrogens is 3. The number of ether oxygens (including phenoxy) is 1. The van der Waals surface area contributed by atoms with Crippen molar-refractivity contribution in [3.63, 3.8) is 0 Å². The number of carbonyl (C=O) groups is 2. The van der Waals surface area contributed by atoms with Crippen molar-refractivity contribution in [2.45, 2.75) is 59.1 Å². The number of rotatable bonds is 7. The molecule has 12 heteroatoms. The van der Waals surface area contributed by atoms with E-state index in [4.69, 9.17) is 4.74 Å².